The van der Waals surface area contributed by atoms with Gasteiger partial charge in [-0.3, -0.25) is 0 Å². The molecule has 0 heterocycles. The highest BCUT2D eigenvalue weighted by molar-refractivity contribution is 5.81. The molecule has 0 aliphatic carbocycles. The normalized spacial score (nSPS) is 13.8. The molecule has 23 heavy (non-hydrogen) atoms. The van der Waals surface area contributed by atoms with Crippen molar-refractivity contribution in [2.24, 2.45) is 0 Å². The summed E-state index contributed by atoms with van der Waals surface area (Å²) in [4.78, 5) is 23.8. The molecule has 1 rings (SSSR count). The summed E-state index contributed by atoms with van der Waals surface area (Å²) in [7, 11) is 1.26. The highest BCUT2D eigenvalue weighted by Gasteiger charge is 2.31. The average molecular weight is 323 g/mol. The molecular formula is C17H25NO5. The first-order valence-electron chi connectivity index (χ1n) is 7.46. The van der Waals surface area contributed by atoms with E-state index in [0.29, 0.717) is 0 Å². The second-order valence-corrected chi connectivity index (χ2v) is 6.14. The fourth-order valence-electron chi connectivity index (χ4n) is 2.01. The molecule has 1 N–H and O–H groups in total. The Labute approximate surface area is 137 Å². The van der Waals surface area contributed by atoms with Crippen LogP contribution in [0.25, 0.3) is 0 Å². The van der Waals surface area contributed by atoms with Gasteiger partial charge < -0.3 is 19.5 Å². The fraction of sp³-hybridized carbons (Fsp3) is 0.529. The van der Waals surface area contributed by atoms with Crippen LogP contribution < -0.4 is 5.32 Å². The van der Waals surface area contributed by atoms with Crippen LogP contribution in [0.4, 0.5) is 4.79 Å². The zero-order chi connectivity index (χ0) is 17.5. The lowest BCUT2D eigenvalue weighted by Gasteiger charge is -2.29. The number of amides is 1. The maximum Gasteiger partial charge on any atom is 0.408 e. The molecule has 128 valence electrons. The lowest BCUT2D eigenvalue weighted by molar-refractivity contribution is -0.150. The van der Waals surface area contributed by atoms with Gasteiger partial charge in [-0.05, 0) is 33.3 Å². The number of nitrogens with one attached hydrogen (secondary N) is 1. The van der Waals surface area contributed by atoms with Crippen molar-refractivity contribution in [3.05, 3.63) is 35.9 Å². The maximum atomic E-state index is 11.9. The molecule has 0 spiro atoms. The van der Waals surface area contributed by atoms with Crippen molar-refractivity contribution in [2.45, 2.75) is 52.0 Å². The monoisotopic (exact) mass is 323 g/mol. The number of carbonyl (C=O) groups is 2. The Kier molecular flexibility index (Phi) is 7.03. The van der Waals surface area contributed by atoms with Crippen molar-refractivity contribution in [3.63, 3.8) is 0 Å². The van der Waals surface area contributed by atoms with Crippen molar-refractivity contribution in [3.8, 4) is 0 Å². The van der Waals surface area contributed by atoms with E-state index in [0.717, 1.165) is 5.56 Å². The molecule has 1 aromatic carbocycles. The summed E-state index contributed by atoms with van der Waals surface area (Å²) < 4.78 is 15.6. The van der Waals surface area contributed by atoms with Gasteiger partial charge in [0.25, 0.3) is 0 Å². The van der Waals surface area contributed by atoms with Crippen LogP contribution in [0.15, 0.2) is 30.3 Å². The van der Waals surface area contributed by atoms with Crippen LogP contribution in [0, 0.1) is 0 Å². The minimum atomic E-state index is -0.942. The van der Waals surface area contributed by atoms with E-state index in [1.165, 1.54) is 7.11 Å². The predicted molar refractivity (Wildman–Crippen MR) is 85.9 cm³/mol. The predicted octanol–water partition coefficient (Wildman–Crippen LogP) is 2.66. The van der Waals surface area contributed by atoms with Gasteiger partial charge >= 0.3 is 12.1 Å². The SMILES string of the molecule is COC(=O)[C@H](NC(=O)OCc1ccccc1)C(C)OC(C)(C)C. The number of hydrogen-bond acceptors (Lipinski definition) is 5. The van der Waals surface area contributed by atoms with Crippen molar-refractivity contribution < 1.29 is 23.8 Å². The topological polar surface area (TPSA) is 73.9 Å². The first-order chi connectivity index (χ1) is 10.7. The molecule has 2 atom stereocenters. The third kappa shape index (κ3) is 7.15. The third-order valence-corrected chi connectivity index (χ3v) is 2.95. The van der Waals surface area contributed by atoms with E-state index in [-0.39, 0.29) is 6.61 Å². The smallest absolute Gasteiger partial charge is 0.408 e. The average Bonchev–Trinajstić information content (AvgIpc) is 2.49. The van der Waals surface area contributed by atoms with Crippen LogP contribution in [0.5, 0.6) is 0 Å². The van der Waals surface area contributed by atoms with Gasteiger partial charge in [0.15, 0.2) is 6.04 Å². The quantitative estimate of drug-likeness (QED) is 0.815. The van der Waals surface area contributed by atoms with E-state index in [2.05, 4.69) is 5.32 Å². The van der Waals surface area contributed by atoms with E-state index >= 15 is 0 Å². The van der Waals surface area contributed by atoms with Crippen molar-refractivity contribution in [1.82, 2.24) is 5.32 Å². The molecule has 0 saturated carbocycles. The van der Waals surface area contributed by atoms with Crippen molar-refractivity contribution in [2.75, 3.05) is 7.11 Å². The molecule has 1 unspecified atom stereocenters. The number of hydrogen-bond donors (Lipinski definition) is 1. The summed E-state index contributed by atoms with van der Waals surface area (Å²) in [6.45, 7) is 7.42. The minimum Gasteiger partial charge on any atom is -0.467 e. The largest absolute Gasteiger partial charge is 0.467 e. The van der Waals surface area contributed by atoms with Crippen LogP contribution in [-0.2, 0) is 25.6 Å². The summed E-state index contributed by atoms with van der Waals surface area (Å²) in [5, 5.41) is 2.50. The molecule has 0 aromatic heterocycles. The number of alkyl carbamates (subject to hydrolysis) is 1. The zero-order valence-electron chi connectivity index (χ0n) is 14.3. The van der Waals surface area contributed by atoms with Gasteiger partial charge in [-0.2, -0.15) is 0 Å². The second kappa shape index (κ2) is 8.53. The number of methoxy groups -OCH3 is 1. The molecule has 0 saturated heterocycles. The highest BCUT2D eigenvalue weighted by Crippen LogP contribution is 2.14. The first kappa shape index (κ1) is 19.0. The van der Waals surface area contributed by atoms with E-state index in [4.69, 9.17) is 14.2 Å². The summed E-state index contributed by atoms with van der Waals surface area (Å²) in [5.41, 5.74) is 0.401. The molecule has 0 aliphatic heterocycles. The number of carbonyl (C=O) groups excluding carboxylic acids is 2. The van der Waals surface area contributed by atoms with E-state index in [1.807, 2.05) is 51.1 Å². The number of esters is 1. The van der Waals surface area contributed by atoms with Crippen molar-refractivity contribution in [1.29, 1.82) is 0 Å². The van der Waals surface area contributed by atoms with Gasteiger partial charge in [0.2, 0.25) is 0 Å². The van der Waals surface area contributed by atoms with E-state index < -0.39 is 29.8 Å². The standard InChI is InChI=1S/C17H25NO5/c1-12(23-17(2,3)4)14(15(19)21-5)18-16(20)22-11-13-9-7-6-8-10-13/h6-10,12,14H,11H2,1-5H3,(H,18,20)/t12?,14-/m1/s1. The molecule has 0 bridgehead atoms. The number of ether oxygens (including phenoxy) is 3. The molecule has 1 amide bonds. The molecular weight excluding hydrogens is 298 g/mol. The Hall–Kier alpha value is -2.08. The molecule has 0 radical (unpaired) electrons. The number of benzene rings is 1. The lowest BCUT2D eigenvalue weighted by Crippen LogP contribution is -2.51. The highest BCUT2D eigenvalue weighted by atomic mass is 16.6. The molecule has 6 heteroatoms. The number of rotatable bonds is 6. The van der Waals surface area contributed by atoms with Crippen LogP contribution in [-0.4, -0.2) is 36.9 Å². The van der Waals surface area contributed by atoms with Crippen molar-refractivity contribution >= 4 is 12.1 Å². The maximum absolute atomic E-state index is 11.9. The fourth-order valence-corrected chi connectivity index (χ4v) is 2.01. The van der Waals surface area contributed by atoms with Gasteiger partial charge in [0.05, 0.1) is 18.8 Å². The van der Waals surface area contributed by atoms with E-state index in [9.17, 15) is 9.59 Å². The molecule has 6 nitrogen and oxygen atoms in total. The summed E-state index contributed by atoms with van der Waals surface area (Å²) in [5.74, 6) is -0.585. The van der Waals surface area contributed by atoms with Gasteiger partial charge in [-0.1, -0.05) is 30.3 Å². The Balaban J connectivity index is 2.62. The Morgan fingerprint density at radius 3 is 2.30 bits per heavy atom. The second-order valence-electron chi connectivity index (χ2n) is 6.14. The van der Waals surface area contributed by atoms with Crippen LogP contribution in [0.3, 0.4) is 0 Å². The summed E-state index contributed by atoms with van der Waals surface area (Å²) in [6, 6.07) is 8.33. The minimum absolute atomic E-state index is 0.120. The Morgan fingerprint density at radius 2 is 1.78 bits per heavy atom. The molecule has 0 aliphatic rings. The zero-order valence-corrected chi connectivity index (χ0v) is 14.3. The Morgan fingerprint density at radius 1 is 1.17 bits per heavy atom. The molecule has 1 aromatic rings. The Bertz CT molecular complexity index is 509. The van der Waals surface area contributed by atoms with Crippen LogP contribution >= 0.6 is 0 Å². The first-order valence-corrected chi connectivity index (χ1v) is 7.46. The van der Waals surface area contributed by atoms with Gasteiger partial charge in [-0.15, -0.1) is 0 Å². The summed E-state index contributed by atoms with van der Waals surface area (Å²) >= 11 is 0. The van der Waals surface area contributed by atoms with Crippen LogP contribution in [0.2, 0.25) is 0 Å². The van der Waals surface area contributed by atoms with Gasteiger partial charge in [-0.25, -0.2) is 9.59 Å². The summed E-state index contributed by atoms with van der Waals surface area (Å²) in [6.07, 6.45) is -1.26. The third-order valence-electron chi connectivity index (χ3n) is 2.95. The van der Waals surface area contributed by atoms with Crippen LogP contribution in [0.1, 0.15) is 33.3 Å². The molecule has 0 fully saturated rings. The van der Waals surface area contributed by atoms with Gasteiger partial charge in [0, 0.05) is 0 Å². The van der Waals surface area contributed by atoms with E-state index in [1.54, 1.807) is 6.92 Å². The van der Waals surface area contributed by atoms with Gasteiger partial charge in [0.1, 0.15) is 6.61 Å². The lowest BCUT2D eigenvalue weighted by atomic mass is 10.1.